The molecular formula is C28H33N3O5S. The first-order valence-electron chi connectivity index (χ1n) is 12.1. The predicted molar refractivity (Wildman–Crippen MR) is 144 cm³/mol. The van der Waals surface area contributed by atoms with E-state index in [1.165, 1.54) is 16.7 Å². The number of benzene rings is 2. The van der Waals surface area contributed by atoms with Crippen molar-refractivity contribution in [1.82, 2.24) is 9.88 Å². The van der Waals surface area contributed by atoms with Crippen molar-refractivity contribution in [3.05, 3.63) is 81.3 Å². The zero-order chi connectivity index (χ0) is 27.2. The Morgan fingerprint density at radius 2 is 1.51 bits per heavy atom. The van der Waals surface area contributed by atoms with Crippen molar-refractivity contribution >= 4 is 34.9 Å². The minimum atomic E-state index is -1.82. The number of aromatic nitrogens is 1. The number of carboxylic acid groups (broad SMARTS) is 2. The Balaban J connectivity index is 0.000000568. The molecule has 37 heavy (non-hydrogen) atoms. The fourth-order valence-corrected chi connectivity index (χ4v) is 5.86. The molecule has 1 aliphatic heterocycles. The highest BCUT2D eigenvalue weighted by atomic mass is 32.1. The van der Waals surface area contributed by atoms with Crippen LogP contribution in [-0.2, 0) is 26.5 Å². The second-order valence-electron chi connectivity index (χ2n) is 9.27. The van der Waals surface area contributed by atoms with Crippen LogP contribution in [0.1, 0.15) is 47.2 Å². The molecule has 3 aromatic rings. The van der Waals surface area contributed by atoms with Gasteiger partial charge in [-0.1, -0.05) is 36.4 Å². The average Bonchev–Trinajstić information content (AvgIpc) is 3.30. The van der Waals surface area contributed by atoms with Crippen molar-refractivity contribution in [3.8, 4) is 0 Å². The van der Waals surface area contributed by atoms with E-state index in [1.807, 2.05) is 42.2 Å². The largest absolute Gasteiger partial charge is 0.473 e. The van der Waals surface area contributed by atoms with Crippen LogP contribution in [-0.4, -0.2) is 51.0 Å². The zero-order valence-electron chi connectivity index (χ0n) is 21.6. The van der Waals surface area contributed by atoms with Crippen LogP contribution >= 0.6 is 11.3 Å². The fraction of sp³-hybridized carbons (Fsp3) is 0.357. The first-order valence-corrected chi connectivity index (χ1v) is 12.9. The fourth-order valence-electron chi connectivity index (χ4n) is 4.81. The number of hydrogen-bond acceptors (Lipinski definition) is 6. The molecule has 2 aromatic carbocycles. The van der Waals surface area contributed by atoms with Crippen LogP contribution in [0.2, 0.25) is 0 Å². The Morgan fingerprint density at radius 1 is 0.946 bits per heavy atom. The number of piperidine rings is 1. The van der Waals surface area contributed by atoms with Gasteiger partial charge in [0.15, 0.2) is 0 Å². The number of carboxylic acids is 2. The molecule has 0 spiro atoms. The highest BCUT2D eigenvalue weighted by molar-refractivity contribution is 7.09. The summed E-state index contributed by atoms with van der Waals surface area (Å²) in [6.07, 6.45) is 1.75. The molecule has 1 aromatic heterocycles. The second-order valence-corrected chi connectivity index (χ2v) is 10.1. The van der Waals surface area contributed by atoms with Crippen LogP contribution < -0.4 is 4.90 Å². The van der Waals surface area contributed by atoms with Crippen molar-refractivity contribution in [2.45, 2.75) is 52.6 Å². The van der Waals surface area contributed by atoms with E-state index in [0.717, 1.165) is 48.9 Å². The number of aryl methyl sites for hydroxylation is 3. The summed E-state index contributed by atoms with van der Waals surface area (Å²) in [6.45, 7) is 10.9. The van der Waals surface area contributed by atoms with Gasteiger partial charge in [-0.25, -0.2) is 14.6 Å². The molecule has 0 bridgehead atoms. The van der Waals surface area contributed by atoms with Crippen LogP contribution in [0.15, 0.2) is 53.9 Å². The number of carbonyl (C=O) groups is 3. The third-order valence-electron chi connectivity index (χ3n) is 6.67. The molecule has 1 aliphatic rings. The van der Waals surface area contributed by atoms with Crippen LogP contribution in [0.5, 0.6) is 0 Å². The number of anilines is 1. The van der Waals surface area contributed by atoms with Gasteiger partial charge in [0, 0.05) is 43.3 Å². The maximum atomic E-state index is 13.0. The predicted octanol–water partition coefficient (Wildman–Crippen LogP) is 4.77. The Kier molecular flexibility index (Phi) is 9.18. The zero-order valence-corrected chi connectivity index (χ0v) is 22.4. The SMILES string of the molecule is CC(=O)N(c1ccccc1)C1(c2nc(C)cs2)CCN(Cc2c(C)cccc2C)CC1.O=C(O)C(=O)O. The van der Waals surface area contributed by atoms with E-state index in [2.05, 4.69) is 42.3 Å². The average molecular weight is 524 g/mol. The van der Waals surface area contributed by atoms with Gasteiger partial charge < -0.3 is 10.2 Å². The normalized spacial score (nSPS) is 14.8. The van der Waals surface area contributed by atoms with Gasteiger partial charge in [0.2, 0.25) is 5.91 Å². The lowest BCUT2D eigenvalue weighted by Gasteiger charge is -2.47. The Hall–Kier alpha value is -3.56. The lowest BCUT2D eigenvalue weighted by Crippen LogP contribution is -2.55. The number of thiazole rings is 1. The van der Waals surface area contributed by atoms with Crippen LogP contribution in [0.25, 0.3) is 0 Å². The van der Waals surface area contributed by atoms with E-state index < -0.39 is 17.5 Å². The third-order valence-corrected chi connectivity index (χ3v) is 7.82. The molecule has 2 heterocycles. The van der Waals surface area contributed by atoms with E-state index in [0.29, 0.717) is 0 Å². The number of rotatable bonds is 5. The second kappa shape index (κ2) is 12.1. The highest BCUT2D eigenvalue weighted by Crippen LogP contribution is 2.43. The van der Waals surface area contributed by atoms with Gasteiger partial charge in [0.05, 0.1) is 0 Å². The lowest BCUT2D eigenvalue weighted by atomic mass is 9.84. The summed E-state index contributed by atoms with van der Waals surface area (Å²) in [4.78, 5) is 40.6. The molecule has 1 fully saturated rings. The van der Waals surface area contributed by atoms with Gasteiger partial charge in [-0.2, -0.15) is 0 Å². The number of hydrogen-bond donors (Lipinski definition) is 2. The van der Waals surface area contributed by atoms with E-state index in [9.17, 15) is 4.79 Å². The van der Waals surface area contributed by atoms with Crippen molar-refractivity contribution in [3.63, 3.8) is 0 Å². The number of amides is 1. The number of para-hydroxylation sites is 1. The van der Waals surface area contributed by atoms with Crippen LogP contribution in [0.4, 0.5) is 5.69 Å². The molecule has 4 rings (SSSR count). The molecule has 0 saturated carbocycles. The maximum absolute atomic E-state index is 13.0. The topological polar surface area (TPSA) is 111 Å². The maximum Gasteiger partial charge on any atom is 0.414 e. The molecule has 1 saturated heterocycles. The Bertz CT molecular complexity index is 1220. The summed E-state index contributed by atoms with van der Waals surface area (Å²) in [7, 11) is 0. The molecular weight excluding hydrogens is 490 g/mol. The van der Waals surface area contributed by atoms with Gasteiger partial charge in [-0.15, -0.1) is 11.3 Å². The minimum absolute atomic E-state index is 0.0715. The van der Waals surface area contributed by atoms with Crippen molar-refractivity contribution in [2.24, 2.45) is 0 Å². The summed E-state index contributed by atoms with van der Waals surface area (Å²) in [5, 5.41) is 17.9. The molecule has 9 heteroatoms. The smallest absolute Gasteiger partial charge is 0.414 e. The standard InChI is InChI=1S/C26H31N3OS.C2H2O4/c1-19-9-8-10-20(2)24(19)17-28-15-13-26(14-16-28,25-27-21(3)18-31-25)29(22(4)30)23-11-6-5-7-12-23;3-1(4)2(5)6/h5-12,18H,13-17H2,1-4H3;(H,3,4)(H,5,6). The molecule has 2 N–H and O–H groups in total. The van der Waals surface area contributed by atoms with Crippen molar-refractivity contribution in [2.75, 3.05) is 18.0 Å². The summed E-state index contributed by atoms with van der Waals surface area (Å²) in [5.74, 6) is -3.58. The summed E-state index contributed by atoms with van der Waals surface area (Å²) in [5.41, 5.74) is 5.69. The molecule has 196 valence electrons. The van der Waals surface area contributed by atoms with Crippen LogP contribution in [0.3, 0.4) is 0 Å². The van der Waals surface area contributed by atoms with Gasteiger partial charge in [-0.3, -0.25) is 14.6 Å². The highest BCUT2D eigenvalue weighted by Gasteiger charge is 2.45. The van der Waals surface area contributed by atoms with Gasteiger partial charge >= 0.3 is 11.9 Å². The molecule has 0 atom stereocenters. The Morgan fingerprint density at radius 3 is 1.97 bits per heavy atom. The quantitative estimate of drug-likeness (QED) is 0.464. The van der Waals surface area contributed by atoms with Gasteiger partial charge in [0.1, 0.15) is 10.5 Å². The van der Waals surface area contributed by atoms with Gasteiger partial charge in [0.25, 0.3) is 0 Å². The van der Waals surface area contributed by atoms with Crippen molar-refractivity contribution in [1.29, 1.82) is 0 Å². The third kappa shape index (κ3) is 6.61. The first-order chi connectivity index (χ1) is 17.5. The number of carbonyl (C=O) groups excluding carboxylic acids is 1. The monoisotopic (exact) mass is 523 g/mol. The molecule has 1 amide bonds. The van der Waals surface area contributed by atoms with E-state index in [-0.39, 0.29) is 5.91 Å². The minimum Gasteiger partial charge on any atom is -0.473 e. The van der Waals surface area contributed by atoms with Crippen LogP contribution in [0, 0.1) is 20.8 Å². The number of nitrogens with zero attached hydrogens (tertiary/aromatic N) is 3. The van der Waals surface area contributed by atoms with E-state index in [4.69, 9.17) is 24.8 Å². The summed E-state index contributed by atoms with van der Waals surface area (Å²) in [6, 6.07) is 16.6. The molecule has 8 nitrogen and oxygen atoms in total. The number of likely N-dealkylation sites (tertiary alicyclic amines) is 1. The summed E-state index contributed by atoms with van der Waals surface area (Å²) < 4.78 is 0. The number of aliphatic carboxylic acids is 2. The molecule has 0 radical (unpaired) electrons. The summed E-state index contributed by atoms with van der Waals surface area (Å²) >= 11 is 1.68. The Labute approximate surface area is 221 Å². The van der Waals surface area contributed by atoms with Gasteiger partial charge in [-0.05, 0) is 62.4 Å². The molecule has 0 unspecified atom stereocenters. The lowest BCUT2D eigenvalue weighted by molar-refractivity contribution is -0.159. The molecule has 0 aliphatic carbocycles. The van der Waals surface area contributed by atoms with Crippen molar-refractivity contribution < 1.29 is 24.6 Å². The van der Waals surface area contributed by atoms with E-state index >= 15 is 0 Å². The van der Waals surface area contributed by atoms with E-state index in [1.54, 1.807) is 18.3 Å². The first kappa shape index (κ1) is 28.0.